The maximum Gasteiger partial charge on any atom is 0.123 e. The molecule has 3 aromatic rings. The largest absolute Gasteiger partial charge is 0.489 e. The molecule has 3 aromatic carbocycles. The lowest BCUT2D eigenvalue weighted by molar-refractivity contribution is -0.108. The minimum absolute atomic E-state index is 0.00988. The second-order valence-corrected chi connectivity index (χ2v) is 5.68. The topological polar surface area (TPSA) is 26.3 Å². The Labute approximate surface area is 142 Å². The first kappa shape index (κ1) is 16.0. The van der Waals surface area contributed by atoms with Gasteiger partial charge in [0.15, 0.2) is 0 Å². The summed E-state index contributed by atoms with van der Waals surface area (Å²) < 4.78 is 6.06. The van der Waals surface area contributed by atoms with Crippen LogP contribution in [0.25, 0.3) is 0 Å². The second-order valence-electron chi connectivity index (χ2n) is 5.68. The van der Waals surface area contributed by atoms with E-state index in [1.165, 1.54) is 0 Å². The summed E-state index contributed by atoms with van der Waals surface area (Å²) in [4.78, 5) is 11.2. The zero-order valence-electron chi connectivity index (χ0n) is 13.5. The van der Waals surface area contributed by atoms with Gasteiger partial charge in [0.05, 0.1) is 0 Å². The molecule has 120 valence electrons. The van der Waals surface area contributed by atoms with Gasteiger partial charge in [-0.2, -0.15) is 0 Å². The Hall–Kier alpha value is -2.87. The first-order chi connectivity index (χ1) is 11.9. The predicted molar refractivity (Wildman–Crippen MR) is 96.2 cm³/mol. The Morgan fingerprint density at radius 1 is 0.792 bits per heavy atom. The third-order valence-electron chi connectivity index (χ3n) is 4.07. The van der Waals surface area contributed by atoms with Gasteiger partial charge in [-0.3, -0.25) is 0 Å². The fraction of sp³-hybridized carbons (Fsp3) is 0.136. The van der Waals surface area contributed by atoms with Gasteiger partial charge in [0.1, 0.15) is 18.6 Å². The third kappa shape index (κ3) is 3.90. The number of hydrogen-bond acceptors (Lipinski definition) is 2. The molecule has 3 rings (SSSR count). The Morgan fingerprint density at radius 3 is 2.12 bits per heavy atom. The summed E-state index contributed by atoms with van der Waals surface area (Å²) in [5.74, 6) is 0.840. The molecule has 0 N–H and O–H groups in total. The van der Waals surface area contributed by atoms with Gasteiger partial charge in [0.25, 0.3) is 0 Å². The predicted octanol–water partition coefficient (Wildman–Crippen LogP) is 4.99. The van der Waals surface area contributed by atoms with Gasteiger partial charge in [0.2, 0.25) is 0 Å². The maximum atomic E-state index is 11.2. The monoisotopic (exact) mass is 316 g/mol. The van der Waals surface area contributed by atoms with Gasteiger partial charge in [0, 0.05) is 17.9 Å². The van der Waals surface area contributed by atoms with Crippen molar-refractivity contribution in [2.24, 2.45) is 0 Å². The van der Waals surface area contributed by atoms with Crippen LogP contribution in [0, 0.1) is 0 Å². The summed E-state index contributed by atoms with van der Waals surface area (Å²) >= 11 is 0. The van der Waals surface area contributed by atoms with Crippen LogP contribution in [0.4, 0.5) is 0 Å². The van der Waals surface area contributed by atoms with Crippen LogP contribution in [0.3, 0.4) is 0 Å². The molecule has 0 heterocycles. The van der Waals surface area contributed by atoms with Crippen LogP contribution in [0.5, 0.6) is 5.75 Å². The SMILES string of the molecule is O=CCC(c1ccccc1)c1ccccc1OCc1ccccc1. The van der Waals surface area contributed by atoms with Crippen molar-refractivity contribution < 1.29 is 9.53 Å². The van der Waals surface area contributed by atoms with Gasteiger partial charge in [-0.15, -0.1) is 0 Å². The standard InChI is InChI=1S/C22H20O2/c23-16-15-20(19-11-5-2-6-12-19)21-13-7-8-14-22(21)24-17-18-9-3-1-4-10-18/h1-14,16,20H,15,17H2. The Bertz CT molecular complexity index is 766. The molecule has 2 nitrogen and oxygen atoms in total. The first-order valence-corrected chi connectivity index (χ1v) is 8.12. The molecule has 0 spiro atoms. The molecule has 0 amide bonds. The minimum Gasteiger partial charge on any atom is -0.489 e. The van der Waals surface area contributed by atoms with Gasteiger partial charge < -0.3 is 9.53 Å². The van der Waals surface area contributed by atoms with Crippen LogP contribution < -0.4 is 4.74 Å². The van der Waals surface area contributed by atoms with Crippen molar-refractivity contribution in [2.75, 3.05) is 0 Å². The fourth-order valence-corrected chi connectivity index (χ4v) is 2.86. The van der Waals surface area contributed by atoms with E-state index in [0.717, 1.165) is 28.7 Å². The third-order valence-corrected chi connectivity index (χ3v) is 4.07. The fourth-order valence-electron chi connectivity index (χ4n) is 2.86. The molecular formula is C22H20O2. The van der Waals surface area contributed by atoms with Crippen molar-refractivity contribution in [3.63, 3.8) is 0 Å². The average Bonchev–Trinajstić information content (AvgIpc) is 2.66. The zero-order valence-corrected chi connectivity index (χ0v) is 13.5. The highest BCUT2D eigenvalue weighted by molar-refractivity contribution is 5.55. The molecule has 0 saturated heterocycles. The van der Waals surface area contributed by atoms with Crippen molar-refractivity contribution in [3.8, 4) is 5.75 Å². The summed E-state index contributed by atoms with van der Waals surface area (Å²) in [5.41, 5.74) is 3.30. The van der Waals surface area contributed by atoms with E-state index in [9.17, 15) is 4.79 Å². The quantitative estimate of drug-likeness (QED) is 0.574. The number of carbonyl (C=O) groups excluding carboxylic acids is 1. The van der Waals surface area contributed by atoms with E-state index in [1.807, 2.05) is 72.8 Å². The van der Waals surface area contributed by atoms with Crippen LogP contribution in [0.15, 0.2) is 84.9 Å². The Kier molecular flexibility index (Phi) is 5.41. The van der Waals surface area contributed by atoms with Gasteiger partial charge in [-0.1, -0.05) is 78.9 Å². The molecule has 1 atom stereocenters. The van der Waals surface area contributed by atoms with Crippen LogP contribution in [-0.2, 0) is 11.4 Å². The molecule has 0 aliphatic rings. The number of para-hydroxylation sites is 1. The highest BCUT2D eigenvalue weighted by atomic mass is 16.5. The minimum atomic E-state index is 0.00988. The lowest BCUT2D eigenvalue weighted by Gasteiger charge is -2.19. The molecule has 1 unspecified atom stereocenters. The zero-order chi connectivity index (χ0) is 16.6. The number of rotatable bonds is 7. The smallest absolute Gasteiger partial charge is 0.123 e. The van der Waals surface area contributed by atoms with E-state index in [4.69, 9.17) is 4.74 Å². The molecule has 0 aliphatic heterocycles. The molecular weight excluding hydrogens is 296 g/mol. The Morgan fingerprint density at radius 2 is 1.42 bits per heavy atom. The summed E-state index contributed by atoms with van der Waals surface area (Å²) in [6, 6.07) is 28.2. The highest BCUT2D eigenvalue weighted by Gasteiger charge is 2.17. The highest BCUT2D eigenvalue weighted by Crippen LogP contribution is 2.34. The summed E-state index contributed by atoms with van der Waals surface area (Å²) in [5, 5.41) is 0. The van der Waals surface area contributed by atoms with Crippen molar-refractivity contribution in [1.29, 1.82) is 0 Å². The number of hydrogen-bond donors (Lipinski definition) is 0. The van der Waals surface area contributed by atoms with E-state index in [1.54, 1.807) is 0 Å². The molecule has 24 heavy (non-hydrogen) atoms. The summed E-state index contributed by atoms with van der Waals surface area (Å²) in [6.07, 6.45) is 1.42. The molecule has 0 aliphatic carbocycles. The van der Waals surface area contributed by atoms with Gasteiger partial charge >= 0.3 is 0 Å². The number of carbonyl (C=O) groups is 1. The number of aldehydes is 1. The molecule has 0 radical (unpaired) electrons. The second kappa shape index (κ2) is 8.11. The van der Waals surface area contributed by atoms with Gasteiger partial charge in [-0.05, 0) is 17.2 Å². The van der Waals surface area contributed by atoms with E-state index < -0.39 is 0 Å². The molecule has 0 bridgehead atoms. The molecule has 0 fully saturated rings. The summed E-state index contributed by atoms with van der Waals surface area (Å²) in [6.45, 7) is 0.514. The van der Waals surface area contributed by atoms with Gasteiger partial charge in [-0.25, -0.2) is 0 Å². The first-order valence-electron chi connectivity index (χ1n) is 8.12. The molecule has 2 heteroatoms. The van der Waals surface area contributed by atoms with Crippen LogP contribution in [0.1, 0.15) is 29.0 Å². The van der Waals surface area contributed by atoms with Crippen LogP contribution >= 0.6 is 0 Å². The number of benzene rings is 3. The van der Waals surface area contributed by atoms with Crippen molar-refractivity contribution in [3.05, 3.63) is 102 Å². The average molecular weight is 316 g/mol. The van der Waals surface area contributed by atoms with E-state index >= 15 is 0 Å². The molecule has 0 saturated carbocycles. The summed E-state index contributed by atoms with van der Waals surface area (Å²) in [7, 11) is 0. The van der Waals surface area contributed by atoms with Crippen molar-refractivity contribution in [1.82, 2.24) is 0 Å². The van der Waals surface area contributed by atoms with E-state index in [2.05, 4.69) is 12.1 Å². The maximum absolute atomic E-state index is 11.2. The lowest BCUT2D eigenvalue weighted by atomic mass is 9.88. The van der Waals surface area contributed by atoms with E-state index in [0.29, 0.717) is 13.0 Å². The molecule has 0 aromatic heterocycles. The van der Waals surface area contributed by atoms with Crippen molar-refractivity contribution in [2.45, 2.75) is 18.9 Å². The van der Waals surface area contributed by atoms with Crippen molar-refractivity contribution >= 4 is 6.29 Å². The number of ether oxygens (including phenoxy) is 1. The van der Waals surface area contributed by atoms with Crippen LogP contribution in [0.2, 0.25) is 0 Å². The normalized spacial score (nSPS) is 11.7. The van der Waals surface area contributed by atoms with E-state index in [-0.39, 0.29) is 5.92 Å². The lowest BCUT2D eigenvalue weighted by Crippen LogP contribution is -2.06. The van der Waals surface area contributed by atoms with Crippen LogP contribution in [-0.4, -0.2) is 6.29 Å². The Balaban J connectivity index is 1.87.